The van der Waals surface area contributed by atoms with E-state index >= 15 is 0 Å². The molecular formula is C22H37IN4O. The number of rotatable bonds is 6. The molecule has 1 aromatic rings. The smallest absolute Gasteiger partial charge is 0.223 e. The second-order valence-corrected chi connectivity index (χ2v) is 8.11. The summed E-state index contributed by atoms with van der Waals surface area (Å²) in [4.78, 5) is 16.7. The Balaban J connectivity index is 0.00000392. The van der Waals surface area contributed by atoms with Crippen molar-refractivity contribution in [1.29, 1.82) is 0 Å². The van der Waals surface area contributed by atoms with Gasteiger partial charge in [0.15, 0.2) is 5.96 Å². The minimum Gasteiger partial charge on any atom is -0.356 e. The summed E-state index contributed by atoms with van der Waals surface area (Å²) < 4.78 is 0. The van der Waals surface area contributed by atoms with E-state index in [1.807, 2.05) is 13.8 Å². The molecule has 2 unspecified atom stereocenters. The molecule has 0 saturated heterocycles. The first-order valence-electron chi connectivity index (χ1n) is 10.2. The minimum absolute atomic E-state index is 0. The van der Waals surface area contributed by atoms with E-state index < -0.39 is 0 Å². The van der Waals surface area contributed by atoms with Gasteiger partial charge in [0, 0.05) is 31.6 Å². The van der Waals surface area contributed by atoms with Gasteiger partial charge in [-0.1, -0.05) is 35.7 Å². The number of carbonyl (C=O) groups is 1. The average Bonchev–Trinajstić information content (AvgIpc) is 2.59. The van der Waals surface area contributed by atoms with E-state index in [0.29, 0.717) is 6.04 Å². The predicted octanol–water partition coefficient (Wildman–Crippen LogP) is 3.71. The Morgan fingerprint density at radius 1 is 1.18 bits per heavy atom. The summed E-state index contributed by atoms with van der Waals surface area (Å²) in [6.07, 6.45) is 4.98. The summed E-state index contributed by atoms with van der Waals surface area (Å²) in [7, 11) is 1.80. The van der Waals surface area contributed by atoms with Crippen LogP contribution in [-0.2, 0) is 11.2 Å². The Morgan fingerprint density at radius 2 is 1.86 bits per heavy atom. The standard InChI is InChI=1S/C22H36N4O.HI/c1-15(2)25-21(27)19-7-6-8-20(14-19)26-22(23-5)24-10-9-18-12-16(3)11-17(4)13-18;/h11-13,15,19-20H,6-10,14H2,1-5H3,(H,25,27)(H2,23,24,26);1H. The van der Waals surface area contributed by atoms with E-state index in [1.54, 1.807) is 7.05 Å². The molecule has 1 aliphatic rings. The van der Waals surface area contributed by atoms with Crippen molar-refractivity contribution in [2.75, 3.05) is 13.6 Å². The highest BCUT2D eigenvalue weighted by molar-refractivity contribution is 14.0. The third kappa shape index (κ3) is 8.37. The maximum absolute atomic E-state index is 12.3. The molecular weight excluding hydrogens is 463 g/mol. The number of amides is 1. The van der Waals surface area contributed by atoms with Gasteiger partial charge in [0.25, 0.3) is 0 Å². The molecule has 0 aromatic heterocycles. The number of nitrogens with one attached hydrogen (secondary N) is 3. The van der Waals surface area contributed by atoms with Crippen molar-refractivity contribution in [3.63, 3.8) is 0 Å². The molecule has 0 bridgehead atoms. The van der Waals surface area contributed by atoms with Crippen LogP contribution in [0.25, 0.3) is 0 Å². The Labute approximate surface area is 187 Å². The second-order valence-electron chi connectivity index (χ2n) is 8.11. The van der Waals surface area contributed by atoms with Crippen LogP contribution in [0.4, 0.5) is 0 Å². The highest BCUT2D eigenvalue weighted by Gasteiger charge is 2.27. The lowest BCUT2D eigenvalue weighted by atomic mass is 9.85. The Hall–Kier alpha value is -1.31. The lowest BCUT2D eigenvalue weighted by Crippen LogP contribution is -2.47. The molecule has 1 saturated carbocycles. The monoisotopic (exact) mass is 500 g/mol. The summed E-state index contributed by atoms with van der Waals surface area (Å²) in [6, 6.07) is 7.18. The maximum atomic E-state index is 12.3. The van der Waals surface area contributed by atoms with Gasteiger partial charge in [-0.3, -0.25) is 9.79 Å². The Kier molecular flexibility index (Phi) is 10.9. The summed E-state index contributed by atoms with van der Waals surface area (Å²) in [5.41, 5.74) is 3.96. The Bertz CT molecular complexity index is 640. The predicted molar refractivity (Wildman–Crippen MR) is 129 cm³/mol. The second kappa shape index (κ2) is 12.3. The molecule has 1 fully saturated rings. The number of carbonyl (C=O) groups excluding carboxylic acids is 1. The third-order valence-corrected chi connectivity index (χ3v) is 5.03. The zero-order chi connectivity index (χ0) is 19.8. The molecule has 3 N–H and O–H groups in total. The zero-order valence-corrected chi connectivity index (χ0v) is 20.3. The number of aryl methyl sites for hydroxylation is 2. The number of aliphatic imine (C=N–C) groups is 1. The molecule has 0 aliphatic heterocycles. The summed E-state index contributed by atoms with van der Waals surface area (Å²) in [5, 5.41) is 9.98. The zero-order valence-electron chi connectivity index (χ0n) is 18.0. The molecule has 2 rings (SSSR count). The van der Waals surface area contributed by atoms with Gasteiger partial charge in [-0.15, -0.1) is 24.0 Å². The van der Waals surface area contributed by atoms with E-state index in [1.165, 1.54) is 16.7 Å². The molecule has 2 atom stereocenters. The first-order chi connectivity index (χ1) is 12.9. The molecule has 1 aromatic carbocycles. The van der Waals surface area contributed by atoms with Crippen LogP contribution in [0, 0.1) is 19.8 Å². The fourth-order valence-electron chi connectivity index (χ4n) is 3.89. The number of hydrogen-bond donors (Lipinski definition) is 3. The molecule has 5 nitrogen and oxygen atoms in total. The van der Waals surface area contributed by atoms with Gasteiger partial charge < -0.3 is 16.0 Å². The molecule has 0 radical (unpaired) electrons. The molecule has 0 spiro atoms. The minimum atomic E-state index is 0. The molecule has 28 heavy (non-hydrogen) atoms. The van der Waals surface area contributed by atoms with Gasteiger partial charge in [-0.05, 0) is 58.9 Å². The van der Waals surface area contributed by atoms with Crippen LogP contribution >= 0.6 is 24.0 Å². The molecule has 1 amide bonds. The van der Waals surface area contributed by atoms with Crippen molar-refractivity contribution >= 4 is 35.8 Å². The van der Waals surface area contributed by atoms with Crippen molar-refractivity contribution in [3.05, 3.63) is 34.9 Å². The molecule has 0 heterocycles. The van der Waals surface area contributed by atoms with E-state index in [9.17, 15) is 4.79 Å². The first kappa shape index (κ1) is 24.7. The molecule has 6 heteroatoms. The van der Waals surface area contributed by atoms with Crippen molar-refractivity contribution in [2.45, 2.75) is 71.9 Å². The highest BCUT2D eigenvalue weighted by atomic mass is 127. The van der Waals surface area contributed by atoms with Crippen LogP contribution in [0.5, 0.6) is 0 Å². The molecule has 1 aliphatic carbocycles. The first-order valence-corrected chi connectivity index (χ1v) is 10.2. The normalized spacial score (nSPS) is 19.7. The lowest BCUT2D eigenvalue weighted by Gasteiger charge is -2.30. The van der Waals surface area contributed by atoms with E-state index in [-0.39, 0.29) is 41.8 Å². The summed E-state index contributed by atoms with van der Waals surface area (Å²) in [5.74, 6) is 1.12. The van der Waals surface area contributed by atoms with Gasteiger partial charge in [0.1, 0.15) is 0 Å². The number of guanidine groups is 1. The van der Waals surface area contributed by atoms with Crippen LogP contribution < -0.4 is 16.0 Å². The van der Waals surface area contributed by atoms with E-state index in [4.69, 9.17) is 0 Å². The van der Waals surface area contributed by atoms with Crippen molar-refractivity contribution in [2.24, 2.45) is 10.9 Å². The quantitative estimate of drug-likeness (QED) is 0.317. The fourth-order valence-corrected chi connectivity index (χ4v) is 3.89. The van der Waals surface area contributed by atoms with E-state index in [2.05, 4.69) is 53.0 Å². The van der Waals surface area contributed by atoms with Crippen LogP contribution in [0.2, 0.25) is 0 Å². The number of halogens is 1. The van der Waals surface area contributed by atoms with Crippen molar-refractivity contribution in [3.8, 4) is 0 Å². The maximum Gasteiger partial charge on any atom is 0.223 e. The van der Waals surface area contributed by atoms with Crippen molar-refractivity contribution in [1.82, 2.24) is 16.0 Å². The lowest BCUT2D eigenvalue weighted by molar-refractivity contribution is -0.126. The van der Waals surface area contributed by atoms with Crippen LogP contribution in [0.1, 0.15) is 56.2 Å². The highest BCUT2D eigenvalue weighted by Crippen LogP contribution is 2.24. The number of nitrogens with zero attached hydrogens (tertiary/aromatic N) is 1. The van der Waals surface area contributed by atoms with Gasteiger partial charge in [0.05, 0.1) is 0 Å². The van der Waals surface area contributed by atoms with Gasteiger partial charge in [-0.25, -0.2) is 0 Å². The fraction of sp³-hybridized carbons (Fsp3) is 0.636. The van der Waals surface area contributed by atoms with Gasteiger partial charge >= 0.3 is 0 Å². The summed E-state index contributed by atoms with van der Waals surface area (Å²) >= 11 is 0. The van der Waals surface area contributed by atoms with Gasteiger partial charge in [0.2, 0.25) is 5.91 Å². The Morgan fingerprint density at radius 3 is 2.46 bits per heavy atom. The largest absolute Gasteiger partial charge is 0.356 e. The van der Waals surface area contributed by atoms with E-state index in [0.717, 1.165) is 44.6 Å². The van der Waals surface area contributed by atoms with Crippen LogP contribution in [-0.4, -0.2) is 37.5 Å². The molecule has 158 valence electrons. The summed E-state index contributed by atoms with van der Waals surface area (Å²) in [6.45, 7) is 9.14. The third-order valence-electron chi connectivity index (χ3n) is 5.03. The topological polar surface area (TPSA) is 65.5 Å². The average molecular weight is 500 g/mol. The van der Waals surface area contributed by atoms with Crippen LogP contribution in [0.3, 0.4) is 0 Å². The SMILES string of the molecule is CN=C(NCCc1cc(C)cc(C)c1)NC1CCCC(C(=O)NC(C)C)C1.I. The number of hydrogen-bond acceptors (Lipinski definition) is 2. The van der Waals surface area contributed by atoms with Gasteiger partial charge in [-0.2, -0.15) is 0 Å². The van der Waals surface area contributed by atoms with Crippen LogP contribution in [0.15, 0.2) is 23.2 Å². The number of benzene rings is 1. The van der Waals surface area contributed by atoms with Crippen molar-refractivity contribution < 1.29 is 4.79 Å².